The summed E-state index contributed by atoms with van der Waals surface area (Å²) in [5, 5.41) is 0. The standard InChI is InChI=1S/C16H32/c1-5-7-8-10-15-11-12-16(15)14(4)13(3)9-6-2/h13-16H,5-12H2,1-4H3. The van der Waals surface area contributed by atoms with E-state index in [1.54, 1.807) is 0 Å². The number of unbranched alkanes of at least 4 members (excludes halogenated alkanes) is 2. The van der Waals surface area contributed by atoms with Crippen molar-refractivity contribution in [1.82, 2.24) is 0 Å². The predicted octanol–water partition coefficient (Wildman–Crippen LogP) is 5.67. The molecule has 96 valence electrons. The van der Waals surface area contributed by atoms with E-state index in [1.807, 2.05) is 0 Å². The molecule has 16 heavy (non-hydrogen) atoms. The average molecular weight is 224 g/mol. The Morgan fingerprint density at radius 1 is 1.00 bits per heavy atom. The molecule has 4 unspecified atom stereocenters. The van der Waals surface area contributed by atoms with Gasteiger partial charge in [-0.15, -0.1) is 0 Å². The summed E-state index contributed by atoms with van der Waals surface area (Å²) in [5.74, 6) is 4.07. The van der Waals surface area contributed by atoms with Gasteiger partial charge in [0.25, 0.3) is 0 Å². The Kier molecular flexibility index (Phi) is 6.46. The molecule has 0 radical (unpaired) electrons. The van der Waals surface area contributed by atoms with Crippen LogP contribution in [0.15, 0.2) is 0 Å². The summed E-state index contributed by atoms with van der Waals surface area (Å²) < 4.78 is 0. The van der Waals surface area contributed by atoms with Crippen LogP contribution < -0.4 is 0 Å². The van der Waals surface area contributed by atoms with Crippen molar-refractivity contribution in [2.24, 2.45) is 23.7 Å². The minimum Gasteiger partial charge on any atom is -0.0654 e. The van der Waals surface area contributed by atoms with Crippen molar-refractivity contribution in [3.63, 3.8) is 0 Å². The van der Waals surface area contributed by atoms with Crippen molar-refractivity contribution in [2.45, 2.75) is 79.1 Å². The van der Waals surface area contributed by atoms with Gasteiger partial charge in [0.15, 0.2) is 0 Å². The average Bonchev–Trinajstić information content (AvgIpc) is 2.23. The highest BCUT2D eigenvalue weighted by atomic mass is 14.4. The third-order valence-electron chi connectivity index (χ3n) is 4.97. The molecule has 0 amide bonds. The quantitative estimate of drug-likeness (QED) is 0.466. The Bertz CT molecular complexity index is 173. The molecule has 4 atom stereocenters. The summed E-state index contributed by atoms with van der Waals surface area (Å²) in [6.07, 6.45) is 11.6. The van der Waals surface area contributed by atoms with E-state index < -0.39 is 0 Å². The van der Waals surface area contributed by atoms with Crippen molar-refractivity contribution in [1.29, 1.82) is 0 Å². The largest absolute Gasteiger partial charge is 0.0654 e. The lowest BCUT2D eigenvalue weighted by molar-refractivity contribution is 0.0704. The molecule has 0 nitrogen and oxygen atoms in total. The molecule has 1 aliphatic rings. The van der Waals surface area contributed by atoms with Crippen LogP contribution in [0.25, 0.3) is 0 Å². The van der Waals surface area contributed by atoms with Gasteiger partial charge in [-0.05, 0) is 36.5 Å². The maximum Gasteiger partial charge on any atom is -0.0357 e. The Morgan fingerprint density at radius 3 is 2.25 bits per heavy atom. The van der Waals surface area contributed by atoms with Crippen molar-refractivity contribution >= 4 is 0 Å². The summed E-state index contributed by atoms with van der Waals surface area (Å²) in [5.41, 5.74) is 0. The molecular weight excluding hydrogens is 192 g/mol. The topological polar surface area (TPSA) is 0 Å². The molecule has 0 aliphatic heterocycles. The van der Waals surface area contributed by atoms with Crippen LogP contribution >= 0.6 is 0 Å². The molecule has 0 saturated heterocycles. The zero-order chi connectivity index (χ0) is 12.0. The second kappa shape index (κ2) is 7.35. The molecule has 0 N–H and O–H groups in total. The van der Waals surface area contributed by atoms with Gasteiger partial charge in [0.05, 0.1) is 0 Å². The second-order valence-electron chi connectivity index (χ2n) is 6.12. The Hall–Kier alpha value is 0. The van der Waals surface area contributed by atoms with E-state index in [1.165, 1.54) is 51.4 Å². The van der Waals surface area contributed by atoms with Crippen LogP contribution in [0.3, 0.4) is 0 Å². The highest BCUT2D eigenvalue weighted by Crippen LogP contribution is 2.45. The molecule has 0 heterocycles. The van der Waals surface area contributed by atoms with Crippen LogP contribution in [0.2, 0.25) is 0 Å². The van der Waals surface area contributed by atoms with Gasteiger partial charge in [-0.1, -0.05) is 66.2 Å². The zero-order valence-corrected chi connectivity index (χ0v) is 12.0. The lowest BCUT2D eigenvalue weighted by Crippen LogP contribution is -2.34. The van der Waals surface area contributed by atoms with E-state index in [4.69, 9.17) is 0 Å². The van der Waals surface area contributed by atoms with Gasteiger partial charge in [0.1, 0.15) is 0 Å². The summed E-state index contributed by atoms with van der Waals surface area (Å²) in [6.45, 7) is 9.61. The Labute approximate surface area is 103 Å². The van der Waals surface area contributed by atoms with Crippen LogP contribution in [0.4, 0.5) is 0 Å². The lowest BCUT2D eigenvalue weighted by atomic mass is 9.62. The van der Waals surface area contributed by atoms with Crippen molar-refractivity contribution in [2.75, 3.05) is 0 Å². The van der Waals surface area contributed by atoms with Crippen LogP contribution in [0.1, 0.15) is 79.1 Å². The monoisotopic (exact) mass is 224 g/mol. The third kappa shape index (κ3) is 3.79. The Morgan fingerprint density at radius 2 is 1.75 bits per heavy atom. The summed E-state index contributed by atoms with van der Waals surface area (Å²) in [4.78, 5) is 0. The van der Waals surface area contributed by atoms with Gasteiger partial charge in [-0.3, -0.25) is 0 Å². The van der Waals surface area contributed by atoms with E-state index in [9.17, 15) is 0 Å². The molecule has 0 aromatic heterocycles. The smallest absolute Gasteiger partial charge is 0.0357 e. The molecular formula is C16H32. The number of rotatable bonds is 8. The minimum atomic E-state index is 0.948. The first-order valence-electron chi connectivity index (χ1n) is 7.70. The molecule has 0 aromatic rings. The van der Waals surface area contributed by atoms with Gasteiger partial charge in [-0.2, -0.15) is 0 Å². The molecule has 0 bridgehead atoms. The van der Waals surface area contributed by atoms with Crippen LogP contribution in [0.5, 0.6) is 0 Å². The van der Waals surface area contributed by atoms with Crippen LogP contribution in [-0.2, 0) is 0 Å². The first-order valence-corrected chi connectivity index (χ1v) is 7.70. The molecule has 1 aliphatic carbocycles. The summed E-state index contributed by atoms with van der Waals surface area (Å²) in [7, 11) is 0. The van der Waals surface area contributed by atoms with Gasteiger partial charge in [0, 0.05) is 0 Å². The van der Waals surface area contributed by atoms with E-state index in [0.717, 1.165) is 23.7 Å². The second-order valence-corrected chi connectivity index (χ2v) is 6.12. The first-order chi connectivity index (χ1) is 7.70. The minimum absolute atomic E-state index is 0.948. The fourth-order valence-corrected chi connectivity index (χ4v) is 3.44. The third-order valence-corrected chi connectivity index (χ3v) is 4.97. The highest BCUT2D eigenvalue weighted by Gasteiger charge is 2.35. The highest BCUT2D eigenvalue weighted by molar-refractivity contribution is 4.85. The summed E-state index contributed by atoms with van der Waals surface area (Å²) in [6, 6.07) is 0. The number of hydrogen-bond acceptors (Lipinski definition) is 0. The molecule has 0 spiro atoms. The lowest BCUT2D eigenvalue weighted by Gasteiger charge is -2.43. The van der Waals surface area contributed by atoms with E-state index in [0.29, 0.717) is 0 Å². The summed E-state index contributed by atoms with van der Waals surface area (Å²) >= 11 is 0. The SMILES string of the molecule is CCCCCC1CCC1C(C)C(C)CCC. The molecule has 1 fully saturated rings. The van der Waals surface area contributed by atoms with Gasteiger partial charge in [-0.25, -0.2) is 0 Å². The molecule has 0 heteroatoms. The van der Waals surface area contributed by atoms with Crippen molar-refractivity contribution < 1.29 is 0 Å². The van der Waals surface area contributed by atoms with Crippen LogP contribution in [-0.4, -0.2) is 0 Å². The van der Waals surface area contributed by atoms with Crippen molar-refractivity contribution in [3.05, 3.63) is 0 Å². The van der Waals surface area contributed by atoms with Crippen molar-refractivity contribution in [3.8, 4) is 0 Å². The maximum absolute atomic E-state index is 2.51. The Balaban J connectivity index is 2.25. The van der Waals surface area contributed by atoms with Gasteiger partial charge < -0.3 is 0 Å². The van der Waals surface area contributed by atoms with Gasteiger partial charge in [0.2, 0.25) is 0 Å². The molecule has 1 saturated carbocycles. The van der Waals surface area contributed by atoms with Crippen LogP contribution in [0, 0.1) is 23.7 Å². The molecule has 0 aromatic carbocycles. The first kappa shape index (κ1) is 14.1. The number of hydrogen-bond donors (Lipinski definition) is 0. The predicted molar refractivity (Wildman–Crippen MR) is 73.6 cm³/mol. The van der Waals surface area contributed by atoms with E-state index >= 15 is 0 Å². The van der Waals surface area contributed by atoms with E-state index in [2.05, 4.69) is 27.7 Å². The molecule has 1 rings (SSSR count). The van der Waals surface area contributed by atoms with Gasteiger partial charge >= 0.3 is 0 Å². The zero-order valence-electron chi connectivity index (χ0n) is 12.0. The fourth-order valence-electron chi connectivity index (χ4n) is 3.44. The normalized spacial score (nSPS) is 28.5. The maximum atomic E-state index is 2.51. The van der Waals surface area contributed by atoms with E-state index in [-0.39, 0.29) is 0 Å². The fraction of sp³-hybridized carbons (Fsp3) is 1.00.